The fourth-order valence-corrected chi connectivity index (χ4v) is 1.77. The van der Waals surface area contributed by atoms with Crippen molar-refractivity contribution in [3.63, 3.8) is 0 Å². The van der Waals surface area contributed by atoms with Crippen molar-refractivity contribution in [3.8, 4) is 11.5 Å². The van der Waals surface area contributed by atoms with Gasteiger partial charge in [0.2, 0.25) is 11.6 Å². The van der Waals surface area contributed by atoms with E-state index in [9.17, 15) is 0 Å². The second-order valence-electron chi connectivity index (χ2n) is 3.64. The van der Waals surface area contributed by atoms with E-state index in [-0.39, 0.29) is 0 Å². The van der Waals surface area contributed by atoms with Crippen LogP contribution in [-0.4, -0.2) is 9.97 Å². The first-order chi connectivity index (χ1) is 8.76. The van der Waals surface area contributed by atoms with Gasteiger partial charge in [-0.15, -0.1) is 0 Å². The molecule has 2 aromatic heterocycles. The fourth-order valence-electron chi connectivity index (χ4n) is 1.63. The summed E-state index contributed by atoms with van der Waals surface area (Å²) in [4.78, 5) is 11.7. The monoisotopic (exact) mass is 255 g/mol. The average molecular weight is 256 g/mol. The number of hydrogen-bond acceptors (Lipinski definition) is 3. The molecule has 0 aliphatic carbocycles. The highest BCUT2D eigenvalue weighted by Gasteiger charge is 2.09. The summed E-state index contributed by atoms with van der Waals surface area (Å²) in [5, 5.41) is 0.361. The molecule has 3 rings (SSSR count). The largest absolute Gasteiger partial charge is 0.418 e. The maximum absolute atomic E-state index is 6.98. The van der Waals surface area contributed by atoms with Gasteiger partial charge in [-0.1, -0.05) is 29.8 Å². The van der Waals surface area contributed by atoms with Gasteiger partial charge in [0.1, 0.15) is 10.7 Å². The Morgan fingerprint density at radius 2 is 2.06 bits per heavy atom. The average Bonchev–Trinajstić information content (AvgIpc) is 2.81. The Kier molecular flexibility index (Phi) is 2.47. The molecule has 4 nitrogen and oxygen atoms in total. The van der Waals surface area contributed by atoms with Crippen molar-refractivity contribution in [2.45, 2.75) is 0 Å². The van der Waals surface area contributed by atoms with Gasteiger partial charge in [0.25, 0.3) is 0 Å². The van der Waals surface area contributed by atoms with Crippen molar-refractivity contribution in [1.29, 1.82) is 0 Å². The molecule has 0 amide bonds. The lowest BCUT2D eigenvalue weighted by Gasteiger charge is -1.94. The Bertz CT molecular complexity index is 773. The van der Waals surface area contributed by atoms with Crippen LogP contribution in [0.15, 0.2) is 40.8 Å². The van der Waals surface area contributed by atoms with Gasteiger partial charge >= 0.3 is 0 Å². The lowest BCUT2D eigenvalue weighted by Crippen LogP contribution is -1.75. The normalized spacial score (nSPS) is 10.4. The van der Waals surface area contributed by atoms with Crippen molar-refractivity contribution in [2.24, 2.45) is 0 Å². The van der Waals surface area contributed by atoms with Crippen LogP contribution >= 0.6 is 11.6 Å². The van der Waals surface area contributed by atoms with Crippen molar-refractivity contribution in [3.05, 3.63) is 53.0 Å². The summed E-state index contributed by atoms with van der Waals surface area (Å²) in [5.41, 5.74) is 2.33. The minimum atomic E-state index is 0.361. The van der Waals surface area contributed by atoms with Crippen molar-refractivity contribution in [2.75, 3.05) is 0 Å². The van der Waals surface area contributed by atoms with Crippen LogP contribution in [0.2, 0.25) is 5.15 Å². The highest BCUT2D eigenvalue weighted by Crippen LogP contribution is 2.26. The van der Waals surface area contributed by atoms with Crippen LogP contribution < -0.4 is 0 Å². The van der Waals surface area contributed by atoms with Gasteiger partial charge in [0.05, 0.1) is 6.57 Å². The number of rotatable bonds is 1. The number of aromatic nitrogens is 2. The van der Waals surface area contributed by atoms with E-state index in [1.54, 1.807) is 30.3 Å². The molecular formula is C13H6ClN3O. The summed E-state index contributed by atoms with van der Waals surface area (Å²) in [5.74, 6) is 0.435. The van der Waals surface area contributed by atoms with Crippen LogP contribution in [0.4, 0.5) is 5.69 Å². The summed E-state index contributed by atoms with van der Waals surface area (Å²) in [6, 6.07) is 10.5. The lowest BCUT2D eigenvalue weighted by molar-refractivity contribution is 0.608. The molecular weight excluding hydrogens is 250 g/mol. The van der Waals surface area contributed by atoms with Crippen LogP contribution in [0.1, 0.15) is 0 Å². The summed E-state index contributed by atoms with van der Waals surface area (Å²) in [7, 11) is 0. The van der Waals surface area contributed by atoms with E-state index in [4.69, 9.17) is 22.6 Å². The number of nitrogens with zero attached hydrogens (tertiary/aromatic N) is 3. The van der Waals surface area contributed by atoms with Gasteiger partial charge in [-0.2, -0.15) is 4.98 Å². The predicted octanol–water partition coefficient (Wildman–Crippen LogP) is 4.09. The molecule has 0 bridgehead atoms. The van der Waals surface area contributed by atoms with E-state index >= 15 is 0 Å². The highest BCUT2D eigenvalue weighted by molar-refractivity contribution is 6.29. The second kappa shape index (κ2) is 4.13. The smallest absolute Gasteiger partial charge is 0.248 e. The SMILES string of the molecule is [C-]#[N+]c1cccc(-c2nc3ccc(Cl)nc3o2)c1. The first kappa shape index (κ1) is 10.8. The second-order valence-corrected chi connectivity index (χ2v) is 4.03. The summed E-state index contributed by atoms with van der Waals surface area (Å²) >= 11 is 5.78. The minimum absolute atomic E-state index is 0.361. The zero-order chi connectivity index (χ0) is 12.5. The molecule has 0 unspecified atom stereocenters. The van der Waals surface area contributed by atoms with Gasteiger partial charge in [0, 0.05) is 5.56 Å². The number of pyridine rings is 1. The third kappa shape index (κ3) is 1.81. The van der Waals surface area contributed by atoms with E-state index in [1.165, 1.54) is 0 Å². The maximum atomic E-state index is 6.98. The molecule has 0 saturated heterocycles. The zero-order valence-corrected chi connectivity index (χ0v) is 9.85. The van der Waals surface area contributed by atoms with E-state index < -0.39 is 0 Å². The topological polar surface area (TPSA) is 43.3 Å². The molecule has 5 heteroatoms. The molecule has 3 aromatic rings. The minimum Gasteiger partial charge on any atom is -0.418 e. The molecule has 86 valence electrons. The molecule has 2 heterocycles. The number of oxazole rings is 1. The molecule has 1 aromatic carbocycles. The van der Waals surface area contributed by atoms with Gasteiger partial charge in [0.15, 0.2) is 5.69 Å². The van der Waals surface area contributed by atoms with E-state index in [1.807, 2.05) is 6.07 Å². The first-order valence-electron chi connectivity index (χ1n) is 5.17. The van der Waals surface area contributed by atoms with Crippen LogP contribution in [0, 0.1) is 6.57 Å². The zero-order valence-electron chi connectivity index (χ0n) is 9.09. The molecule has 0 aliphatic rings. The Hall–Kier alpha value is -2.38. The molecule has 0 fully saturated rings. The van der Waals surface area contributed by atoms with Crippen LogP contribution in [0.5, 0.6) is 0 Å². The predicted molar refractivity (Wildman–Crippen MR) is 68.5 cm³/mol. The molecule has 0 spiro atoms. The van der Waals surface area contributed by atoms with E-state index in [0.29, 0.717) is 28.0 Å². The number of benzene rings is 1. The fraction of sp³-hybridized carbons (Fsp3) is 0. The molecule has 0 aliphatic heterocycles. The summed E-state index contributed by atoms with van der Waals surface area (Å²) in [6.45, 7) is 6.98. The van der Waals surface area contributed by atoms with Gasteiger partial charge < -0.3 is 4.42 Å². The van der Waals surface area contributed by atoms with Crippen molar-refractivity contribution in [1.82, 2.24) is 9.97 Å². The Balaban J connectivity index is 2.16. The highest BCUT2D eigenvalue weighted by atomic mass is 35.5. The maximum Gasteiger partial charge on any atom is 0.248 e. The molecule has 0 radical (unpaired) electrons. The van der Waals surface area contributed by atoms with E-state index in [2.05, 4.69) is 14.8 Å². The molecule has 0 saturated carbocycles. The molecule has 0 atom stereocenters. The van der Waals surface area contributed by atoms with Crippen LogP contribution in [-0.2, 0) is 0 Å². The number of halogens is 1. The van der Waals surface area contributed by atoms with Gasteiger partial charge in [-0.25, -0.2) is 9.83 Å². The molecule has 18 heavy (non-hydrogen) atoms. The Morgan fingerprint density at radius 3 is 2.89 bits per heavy atom. The summed E-state index contributed by atoms with van der Waals surface area (Å²) < 4.78 is 5.52. The quantitative estimate of drug-likeness (QED) is 0.486. The number of hydrogen-bond donors (Lipinski definition) is 0. The Morgan fingerprint density at radius 1 is 1.17 bits per heavy atom. The Labute approximate surface area is 108 Å². The van der Waals surface area contributed by atoms with Gasteiger partial charge in [-0.3, -0.25) is 0 Å². The number of fused-ring (bicyclic) bond motifs is 1. The third-order valence-electron chi connectivity index (χ3n) is 2.44. The van der Waals surface area contributed by atoms with Crippen molar-refractivity contribution >= 4 is 28.5 Å². The third-order valence-corrected chi connectivity index (χ3v) is 2.65. The standard InChI is InChI=1S/C13H6ClN3O/c1-15-9-4-2-3-8(7-9)12-16-10-5-6-11(14)17-13(10)18-12/h2-7H. The molecule has 0 N–H and O–H groups in total. The van der Waals surface area contributed by atoms with Crippen LogP contribution in [0.3, 0.4) is 0 Å². The van der Waals surface area contributed by atoms with Crippen molar-refractivity contribution < 1.29 is 4.42 Å². The lowest BCUT2D eigenvalue weighted by atomic mass is 10.2. The van der Waals surface area contributed by atoms with Crippen LogP contribution in [0.25, 0.3) is 27.5 Å². The van der Waals surface area contributed by atoms with Gasteiger partial charge in [-0.05, 0) is 18.2 Å². The van der Waals surface area contributed by atoms with E-state index in [0.717, 1.165) is 5.56 Å². The summed E-state index contributed by atoms with van der Waals surface area (Å²) in [6.07, 6.45) is 0. The first-order valence-corrected chi connectivity index (χ1v) is 5.55.